The van der Waals surface area contributed by atoms with Crippen LogP contribution in [0.15, 0.2) is 6.20 Å². The van der Waals surface area contributed by atoms with Gasteiger partial charge in [0.25, 0.3) is 0 Å². The molecule has 2 atom stereocenters. The Labute approximate surface area is 102 Å². The lowest BCUT2D eigenvalue weighted by Gasteiger charge is -2.20. The minimum Gasteiger partial charge on any atom is -0.381 e. The first-order valence-corrected chi connectivity index (χ1v) is 6.69. The van der Waals surface area contributed by atoms with Gasteiger partial charge in [-0.3, -0.25) is 0 Å². The van der Waals surface area contributed by atoms with Crippen molar-refractivity contribution in [3.8, 4) is 0 Å². The number of ether oxygens (including phenoxy) is 1. The molecule has 4 nitrogen and oxygen atoms in total. The second-order valence-corrected chi connectivity index (χ2v) is 5.39. The normalized spacial score (nSPS) is 29.0. The molecule has 1 aromatic heterocycles. The molecule has 2 aliphatic heterocycles. The quantitative estimate of drug-likeness (QED) is 0.836. The van der Waals surface area contributed by atoms with E-state index in [-0.39, 0.29) is 0 Å². The number of hydrogen-bond donors (Lipinski definition) is 1. The monoisotopic (exact) mass is 235 g/mol. The molecule has 2 unspecified atom stereocenters. The van der Waals surface area contributed by atoms with Gasteiger partial charge in [0, 0.05) is 38.4 Å². The molecule has 4 heteroatoms. The molecule has 0 aliphatic carbocycles. The molecule has 2 N–H and O–H groups in total. The maximum absolute atomic E-state index is 5.97. The molecule has 1 fully saturated rings. The van der Waals surface area contributed by atoms with Gasteiger partial charge < -0.3 is 15.0 Å². The first kappa shape index (κ1) is 11.2. The van der Waals surface area contributed by atoms with Gasteiger partial charge in [-0.15, -0.1) is 0 Å². The summed E-state index contributed by atoms with van der Waals surface area (Å²) in [5, 5.41) is 0. The van der Waals surface area contributed by atoms with Gasteiger partial charge in [0.05, 0.1) is 5.69 Å². The summed E-state index contributed by atoms with van der Waals surface area (Å²) in [6.45, 7) is 2.77. The molecule has 0 aromatic carbocycles. The number of nitrogens with zero attached hydrogens (tertiary/aromatic N) is 2. The Bertz CT molecular complexity index is 382. The SMILES string of the molecule is NC1CCc2nc(CC3CCCOC3)cn2C1. The third kappa shape index (κ3) is 2.53. The average Bonchev–Trinajstić information content (AvgIpc) is 2.71. The Morgan fingerprint density at radius 3 is 3.24 bits per heavy atom. The van der Waals surface area contributed by atoms with Gasteiger partial charge in [0.1, 0.15) is 5.82 Å². The highest BCUT2D eigenvalue weighted by Crippen LogP contribution is 2.20. The highest BCUT2D eigenvalue weighted by Gasteiger charge is 2.20. The lowest BCUT2D eigenvalue weighted by Crippen LogP contribution is -2.31. The lowest BCUT2D eigenvalue weighted by molar-refractivity contribution is 0.0547. The van der Waals surface area contributed by atoms with Crippen molar-refractivity contribution in [1.29, 1.82) is 0 Å². The fourth-order valence-electron chi connectivity index (χ4n) is 2.89. The van der Waals surface area contributed by atoms with Crippen LogP contribution < -0.4 is 5.73 Å². The minimum absolute atomic E-state index is 0.308. The number of rotatable bonds is 2. The van der Waals surface area contributed by atoms with E-state index in [2.05, 4.69) is 10.8 Å². The predicted octanol–water partition coefficient (Wildman–Crippen LogP) is 1.13. The van der Waals surface area contributed by atoms with Crippen molar-refractivity contribution >= 4 is 0 Å². The van der Waals surface area contributed by atoms with Crippen LogP contribution in [0.4, 0.5) is 0 Å². The predicted molar refractivity (Wildman–Crippen MR) is 65.8 cm³/mol. The van der Waals surface area contributed by atoms with E-state index in [1.54, 1.807) is 0 Å². The first-order valence-electron chi connectivity index (χ1n) is 6.69. The van der Waals surface area contributed by atoms with E-state index < -0.39 is 0 Å². The number of aromatic nitrogens is 2. The number of fused-ring (bicyclic) bond motifs is 1. The molecule has 1 saturated heterocycles. The molecule has 3 heterocycles. The van der Waals surface area contributed by atoms with Gasteiger partial charge in [-0.1, -0.05) is 0 Å². The van der Waals surface area contributed by atoms with E-state index in [1.165, 1.54) is 24.4 Å². The van der Waals surface area contributed by atoms with Crippen molar-refractivity contribution in [3.05, 3.63) is 17.7 Å². The second kappa shape index (κ2) is 4.78. The van der Waals surface area contributed by atoms with E-state index in [9.17, 15) is 0 Å². The Kier molecular flexibility index (Phi) is 3.16. The number of aryl methyl sites for hydroxylation is 1. The van der Waals surface area contributed by atoms with Crippen molar-refractivity contribution in [3.63, 3.8) is 0 Å². The third-order valence-electron chi connectivity index (χ3n) is 3.83. The summed E-state index contributed by atoms with van der Waals surface area (Å²) >= 11 is 0. The molecule has 3 rings (SSSR count). The van der Waals surface area contributed by atoms with Crippen molar-refractivity contribution in [2.75, 3.05) is 13.2 Å². The number of hydrogen-bond acceptors (Lipinski definition) is 3. The van der Waals surface area contributed by atoms with Crippen LogP contribution in [0.25, 0.3) is 0 Å². The van der Waals surface area contributed by atoms with Crippen molar-refractivity contribution < 1.29 is 4.74 Å². The van der Waals surface area contributed by atoms with Crippen molar-refractivity contribution in [2.45, 2.75) is 44.7 Å². The number of imidazole rings is 1. The summed E-state index contributed by atoms with van der Waals surface area (Å²) in [7, 11) is 0. The lowest BCUT2D eigenvalue weighted by atomic mass is 9.97. The summed E-state index contributed by atoms with van der Waals surface area (Å²) in [6, 6.07) is 0.308. The molecule has 0 saturated carbocycles. The smallest absolute Gasteiger partial charge is 0.109 e. The van der Waals surface area contributed by atoms with Crippen LogP contribution in [-0.2, 0) is 24.1 Å². The average molecular weight is 235 g/mol. The summed E-state index contributed by atoms with van der Waals surface area (Å²) in [4.78, 5) is 4.73. The highest BCUT2D eigenvalue weighted by molar-refractivity contribution is 5.08. The van der Waals surface area contributed by atoms with E-state index in [0.717, 1.165) is 39.0 Å². The molecule has 17 heavy (non-hydrogen) atoms. The highest BCUT2D eigenvalue weighted by atomic mass is 16.5. The van der Waals surface area contributed by atoms with Gasteiger partial charge in [0.15, 0.2) is 0 Å². The van der Waals surface area contributed by atoms with E-state index >= 15 is 0 Å². The fraction of sp³-hybridized carbons (Fsp3) is 0.769. The molecule has 2 aliphatic rings. The number of nitrogens with two attached hydrogens (primary N) is 1. The van der Waals surface area contributed by atoms with Crippen LogP contribution in [0.2, 0.25) is 0 Å². The molecule has 1 aromatic rings. The topological polar surface area (TPSA) is 53.1 Å². The molecule has 0 bridgehead atoms. The summed E-state index contributed by atoms with van der Waals surface area (Å²) < 4.78 is 7.76. The van der Waals surface area contributed by atoms with Crippen LogP contribution >= 0.6 is 0 Å². The summed E-state index contributed by atoms with van der Waals surface area (Å²) in [6.07, 6.45) is 7.84. The molecule has 0 amide bonds. The maximum atomic E-state index is 5.97. The van der Waals surface area contributed by atoms with E-state index in [4.69, 9.17) is 15.5 Å². The second-order valence-electron chi connectivity index (χ2n) is 5.39. The zero-order chi connectivity index (χ0) is 11.7. The van der Waals surface area contributed by atoms with Crippen LogP contribution in [0.3, 0.4) is 0 Å². The molecule has 0 spiro atoms. The van der Waals surface area contributed by atoms with Crippen molar-refractivity contribution in [1.82, 2.24) is 9.55 Å². The van der Waals surface area contributed by atoms with Crippen LogP contribution in [0.5, 0.6) is 0 Å². The van der Waals surface area contributed by atoms with E-state index in [0.29, 0.717) is 12.0 Å². The molecular weight excluding hydrogens is 214 g/mol. The summed E-state index contributed by atoms with van der Waals surface area (Å²) in [5.41, 5.74) is 7.20. The Morgan fingerprint density at radius 2 is 2.41 bits per heavy atom. The Balaban J connectivity index is 1.67. The Morgan fingerprint density at radius 1 is 1.47 bits per heavy atom. The zero-order valence-corrected chi connectivity index (χ0v) is 10.3. The van der Waals surface area contributed by atoms with Gasteiger partial charge in [-0.2, -0.15) is 0 Å². The van der Waals surface area contributed by atoms with Gasteiger partial charge in [-0.25, -0.2) is 4.98 Å². The van der Waals surface area contributed by atoms with E-state index in [1.807, 2.05) is 0 Å². The molecular formula is C13H21N3O. The zero-order valence-electron chi connectivity index (χ0n) is 10.3. The van der Waals surface area contributed by atoms with Crippen LogP contribution in [0, 0.1) is 5.92 Å². The Hall–Kier alpha value is -0.870. The summed E-state index contributed by atoms with van der Waals surface area (Å²) in [5.74, 6) is 1.88. The van der Waals surface area contributed by atoms with Crippen LogP contribution in [-0.4, -0.2) is 28.8 Å². The molecule has 94 valence electrons. The van der Waals surface area contributed by atoms with Gasteiger partial charge in [-0.05, 0) is 31.6 Å². The largest absolute Gasteiger partial charge is 0.381 e. The fourth-order valence-corrected chi connectivity index (χ4v) is 2.89. The maximum Gasteiger partial charge on any atom is 0.109 e. The standard InChI is InChI=1S/C13H21N3O/c14-11-3-4-13-15-12(8-16(13)7-11)6-10-2-1-5-17-9-10/h8,10-11H,1-7,9,14H2. The van der Waals surface area contributed by atoms with Gasteiger partial charge in [0.2, 0.25) is 0 Å². The molecule has 0 radical (unpaired) electrons. The van der Waals surface area contributed by atoms with Crippen molar-refractivity contribution in [2.24, 2.45) is 11.7 Å². The third-order valence-corrected chi connectivity index (χ3v) is 3.83. The minimum atomic E-state index is 0.308. The first-order chi connectivity index (χ1) is 8.31. The van der Waals surface area contributed by atoms with Gasteiger partial charge >= 0.3 is 0 Å². The van der Waals surface area contributed by atoms with Crippen LogP contribution in [0.1, 0.15) is 30.8 Å².